The minimum atomic E-state index is -3.81. The topological polar surface area (TPSA) is 88.2 Å². The molecule has 1 saturated carbocycles. The van der Waals surface area contributed by atoms with E-state index in [9.17, 15) is 12.8 Å². The van der Waals surface area contributed by atoms with Gasteiger partial charge in [0.2, 0.25) is 10.0 Å². The minimum Gasteiger partial charge on any atom is -0.495 e. The zero-order valence-corrected chi connectivity index (χ0v) is 15.3. The Labute approximate surface area is 151 Å². The van der Waals surface area contributed by atoms with Gasteiger partial charge in [-0.25, -0.2) is 17.8 Å². The van der Waals surface area contributed by atoms with E-state index in [2.05, 4.69) is 15.2 Å². The molecule has 0 amide bonds. The maximum Gasteiger partial charge on any atom is 0.246 e. The predicted octanol–water partition coefficient (Wildman–Crippen LogP) is 2.08. The Morgan fingerprint density at radius 1 is 1.35 bits per heavy atom. The quantitative estimate of drug-likeness (QED) is 0.829. The number of nitrogens with zero attached hydrogens (tertiary/aromatic N) is 3. The van der Waals surface area contributed by atoms with E-state index in [4.69, 9.17) is 4.74 Å². The molecule has 7 nitrogen and oxygen atoms in total. The van der Waals surface area contributed by atoms with Crippen LogP contribution in [0.1, 0.15) is 36.8 Å². The molecule has 0 bridgehead atoms. The van der Waals surface area contributed by atoms with Crippen molar-refractivity contribution in [1.29, 1.82) is 0 Å². The maximum atomic E-state index is 13.6. The van der Waals surface area contributed by atoms with Crippen molar-refractivity contribution in [2.24, 2.45) is 5.92 Å². The van der Waals surface area contributed by atoms with Crippen molar-refractivity contribution in [3.05, 3.63) is 35.7 Å². The van der Waals surface area contributed by atoms with Gasteiger partial charge in [-0.2, -0.15) is 9.40 Å². The van der Waals surface area contributed by atoms with Crippen LogP contribution in [-0.2, 0) is 16.4 Å². The van der Waals surface area contributed by atoms with Gasteiger partial charge < -0.3 is 4.74 Å². The number of nitrogens with one attached hydrogen (secondary N) is 1. The van der Waals surface area contributed by atoms with Crippen LogP contribution in [0.5, 0.6) is 5.75 Å². The second kappa shape index (κ2) is 6.62. The van der Waals surface area contributed by atoms with Gasteiger partial charge in [0, 0.05) is 25.4 Å². The highest BCUT2D eigenvalue weighted by Crippen LogP contribution is 2.38. The van der Waals surface area contributed by atoms with E-state index in [1.807, 2.05) is 0 Å². The fourth-order valence-corrected chi connectivity index (χ4v) is 5.07. The van der Waals surface area contributed by atoms with Crippen molar-refractivity contribution in [3.63, 3.8) is 0 Å². The first-order chi connectivity index (χ1) is 12.5. The number of H-pyrrole nitrogens is 1. The van der Waals surface area contributed by atoms with E-state index in [1.54, 1.807) is 0 Å². The normalized spacial score (nSPS) is 21.2. The second-order valence-corrected chi connectivity index (χ2v) is 8.84. The van der Waals surface area contributed by atoms with Crippen molar-refractivity contribution in [1.82, 2.24) is 19.5 Å². The lowest BCUT2D eigenvalue weighted by atomic mass is 10.1. The van der Waals surface area contributed by atoms with Crippen LogP contribution in [0, 0.1) is 11.7 Å². The Morgan fingerprint density at radius 3 is 2.88 bits per heavy atom. The van der Waals surface area contributed by atoms with E-state index >= 15 is 0 Å². The van der Waals surface area contributed by atoms with Crippen LogP contribution in [0.4, 0.5) is 4.39 Å². The van der Waals surface area contributed by atoms with Crippen LogP contribution >= 0.6 is 0 Å². The number of hydrogen-bond acceptors (Lipinski definition) is 5. The molecular weight excluding hydrogens is 359 g/mol. The third kappa shape index (κ3) is 3.33. The summed E-state index contributed by atoms with van der Waals surface area (Å²) in [6, 6.07) is 3.54. The molecule has 1 unspecified atom stereocenters. The molecule has 140 valence electrons. The lowest BCUT2D eigenvalue weighted by molar-refractivity contribution is 0.395. The van der Waals surface area contributed by atoms with Crippen LogP contribution in [0.15, 0.2) is 23.1 Å². The van der Waals surface area contributed by atoms with E-state index in [-0.39, 0.29) is 16.6 Å². The molecule has 0 radical (unpaired) electrons. The number of ether oxygens (including phenoxy) is 1. The van der Waals surface area contributed by atoms with E-state index in [1.165, 1.54) is 23.5 Å². The number of halogens is 1. The highest BCUT2D eigenvalue weighted by Gasteiger charge is 2.35. The SMILES string of the molecule is COc1ccc(F)cc1S(=O)(=O)N1CCC(Cc2nc(C3CC3)n[nH]2)C1. The monoisotopic (exact) mass is 380 g/mol. The first kappa shape index (κ1) is 17.4. The summed E-state index contributed by atoms with van der Waals surface area (Å²) in [7, 11) is -2.43. The molecule has 9 heteroatoms. The summed E-state index contributed by atoms with van der Waals surface area (Å²) in [6.45, 7) is 0.776. The number of methoxy groups -OCH3 is 1. The Balaban J connectivity index is 1.47. The van der Waals surface area contributed by atoms with Gasteiger partial charge in [-0.05, 0) is 43.4 Å². The van der Waals surface area contributed by atoms with Gasteiger partial charge in [-0.3, -0.25) is 5.10 Å². The third-order valence-corrected chi connectivity index (χ3v) is 6.85. The molecule has 2 aromatic rings. The standard InChI is InChI=1S/C17H21FN4O3S/c1-25-14-5-4-13(18)9-15(14)26(23,24)22-7-6-11(10-22)8-16-19-17(21-20-16)12-2-3-12/h4-5,9,11-12H,2-3,6-8,10H2,1H3,(H,19,20,21). The van der Waals surface area contributed by atoms with Gasteiger partial charge in [-0.1, -0.05) is 0 Å². The Kier molecular flexibility index (Phi) is 4.44. The summed E-state index contributed by atoms with van der Waals surface area (Å²) < 4.78 is 45.9. The number of sulfonamides is 1. The van der Waals surface area contributed by atoms with Crippen molar-refractivity contribution < 1.29 is 17.5 Å². The number of benzene rings is 1. The summed E-state index contributed by atoms with van der Waals surface area (Å²) in [5, 5.41) is 7.21. The lowest BCUT2D eigenvalue weighted by Crippen LogP contribution is -2.29. The van der Waals surface area contributed by atoms with Crippen LogP contribution in [0.2, 0.25) is 0 Å². The smallest absolute Gasteiger partial charge is 0.246 e. The van der Waals surface area contributed by atoms with Crippen molar-refractivity contribution >= 4 is 10.0 Å². The lowest BCUT2D eigenvalue weighted by Gasteiger charge is -2.18. The number of rotatable bonds is 6. The molecule has 1 saturated heterocycles. The third-order valence-electron chi connectivity index (χ3n) is 4.97. The number of aromatic amines is 1. The van der Waals surface area contributed by atoms with Crippen molar-refractivity contribution in [3.8, 4) is 5.75 Å². The number of aromatic nitrogens is 3. The molecule has 1 aromatic heterocycles. The first-order valence-corrected chi connectivity index (χ1v) is 10.2. The zero-order valence-electron chi connectivity index (χ0n) is 14.5. The fourth-order valence-electron chi connectivity index (χ4n) is 3.37. The Morgan fingerprint density at radius 2 is 2.15 bits per heavy atom. The van der Waals surface area contributed by atoms with Crippen LogP contribution in [0.3, 0.4) is 0 Å². The molecule has 2 heterocycles. The summed E-state index contributed by atoms with van der Waals surface area (Å²) in [5.41, 5.74) is 0. The Hall–Kier alpha value is -2.00. The van der Waals surface area contributed by atoms with Gasteiger partial charge >= 0.3 is 0 Å². The molecule has 26 heavy (non-hydrogen) atoms. The van der Waals surface area contributed by atoms with E-state index < -0.39 is 15.8 Å². The summed E-state index contributed by atoms with van der Waals surface area (Å²) in [6.07, 6.45) is 3.67. The molecule has 1 N–H and O–H groups in total. The Bertz CT molecular complexity index is 910. The summed E-state index contributed by atoms with van der Waals surface area (Å²) in [4.78, 5) is 4.39. The molecule has 2 aliphatic rings. The van der Waals surface area contributed by atoms with E-state index in [0.29, 0.717) is 25.4 Å². The van der Waals surface area contributed by atoms with Gasteiger partial charge in [0.25, 0.3) is 0 Å². The highest BCUT2D eigenvalue weighted by atomic mass is 32.2. The molecule has 1 aliphatic heterocycles. The average Bonchev–Trinajstić information content (AvgIpc) is 3.18. The van der Waals surface area contributed by atoms with Gasteiger partial charge in [0.15, 0.2) is 5.82 Å². The molecule has 2 fully saturated rings. The maximum absolute atomic E-state index is 13.6. The van der Waals surface area contributed by atoms with Crippen LogP contribution in [0.25, 0.3) is 0 Å². The zero-order chi connectivity index (χ0) is 18.3. The van der Waals surface area contributed by atoms with Crippen molar-refractivity contribution in [2.45, 2.75) is 36.5 Å². The average molecular weight is 380 g/mol. The van der Waals surface area contributed by atoms with Gasteiger partial charge in [0.05, 0.1) is 7.11 Å². The van der Waals surface area contributed by atoms with Crippen LogP contribution in [-0.4, -0.2) is 48.1 Å². The predicted molar refractivity (Wildman–Crippen MR) is 91.9 cm³/mol. The second-order valence-electron chi connectivity index (χ2n) is 6.93. The van der Waals surface area contributed by atoms with Crippen molar-refractivity contribution in [2.75, 3.05) is 20.2 Å². The van der Waals surface area contributed by atoms with E-state index in [0.717, 1.165) is 37.0 Å². The molecule has 1 aromatic carbocycles. The fraction of sp³-hybridized carbons (Fsp3) is 0.529. The highest BCUT2D eigenvalue weighted by molar-refractivity contribution is 7.89. The molecule has 1 atom stereocenters. The molecule has 1 aliphatic carbocycles. The molecule has 0 spiro atoms. The van der Waals surface area contributed by atoms with Crippen LogP contribution < -0.4 is 4.74 Å². The number of hydrogen-bond donors (Lipinski definition) is 1. The molecule has 4 rings (SSSR count). The largest absolute Gasteiger partial charge is 0.495 e. The van der Waals surface area contributed by atoms with Gasteiger partial charge in [-0.15, -0.1) is 0 Å². The van der Waals surface area contributed by atoms with Gasteiger partial charge in [0.1, 0.15) is 22.3 Å². The first-order valence-electron chi connectivity index (χ1n) is 8.72. The summed E-state index contributed by atoms with van der Waals surface area (Å²) >= 11 is 0. The summed E-state index contributed by atoms with van der Waals surface area (Å²) in [5.74, 6) is 1.87. The molecular formula is C17H21FN4O3S. The minimum absolute atomic E-state index is 0.128.